The topological polar surface area (TPSA) is 60.8 Å². The maximum absolute atomic E-state index is 10.3. The normalized spacial score (nSPS) is 13.6. The fourth-order valence-corrected chi connectivity index (χ4v) is 1.33. The number of carbonyl (C=O) groups is 1. The summed E-state index contributed by atoms with van der Waals surface area (Å²) in [5.41, 5.74) is 0. The van der Waals surface area contributed by atoms with E-state index in [0.29, 0.717) is 19.0 Å². The van der Waals surface area contributed by atoms with E-state index >= 15 is 0 Å². The number of aliphatic carboxylic acids is 1. The van der Waals surface area contributed by atoms with E-state index in [9.17, 15) is 9.90 Å². The van der Waals surface area contributed by atoms with Gasteiger partial charge in [-0.1, -0.05) is 0 Å². The molecule has 0 fully saturated rings. The molecule has 1 unspecified atom stereocenters. The highest BCUT2D eigenvalue weighted by Gasteiger charge is 2.11. The van der Waals surface area contributed by atoms with Gasteiger partial charge in [0.25, 0.3) is 0 Å². The van der Waals surface area contributed by atoms with Crippen molar-refractivity contribution in [3.63, 3.8) is 0 Å². The van der Waals surface area contributed by atoms with Crippen molar-refractivity contribution in [1.82, 2.24) is 4.90 Å². The second kappa shape index (κ2) is 6.79. The molecule has 4 heteroatoms. The van der Waals surface area contributed by atoms with E-state index in [-0.39, 0.29) is 12.5 Å². The highest BCUT2D eigenvalue weighted by molar-refractivity contribution is 5.66. The van der Waals surface area contributed by atoms with Gasteiger partial charge >= 0.3 is 5.97 Å². The molecule has 0 radical (unpaired) electrons. The number of nitrogens with zero attached hydrogens (tertiary/aromatic N) is 1. The largest absolute Gasteiger partial charge is 0.481 e. The molecule has 0 aliphatic carbocycles. The predicted molar refractivity (Wildman–Crippen MR) is 55.3 cm³/mol. The van der Waals surface area contributed by atoms with Gasteiger partial charge < -0.3 is 10.2 Å². The van der Waals surface area contributed by atoms with Crippen LogP contribution >= 0.6 is 0 Å². The standard InChI is InChI=1S/C10H21NO3/c1-8(2)11(7-9(3)12)6-4-5-10(13)14/h8-9,12H,4-7H2,1-3H3,(H,13,14). The molecular weight excluding hydrogens is 182 g/mol. The third-order valence-electron chi connectivity index (χ3n) is 2.06. The van der Waals surface area contributed by atoms with Crippen molar-refractivity contribution in [3.05, 3.63) is 0 Å². The first-order chi connectivity index (χ1) is 6.43. The Labute approximate surface area is 85.5 Å². The smallest absolute Gasteiger partial charge is 0.303 e. The van der Waals surface area contributed by atoms with Gasteiger partial charge in [-0.3, -0.25) is 9.69 Å². The molecule has 0 aromatic heterocycles. The van der Waals surface area contributed by atoms with E-state index < -0.39 is 5.97 Å². The molecule has 1 atom stereocenters. The summed E-state index contributed by atoms with van der Waals surface area (Å²) in [6.07, 6.45) is 0.478. The maximum atomic E-state index is 10.3. The molecule has 0 aliphatic heterocycles. The summed E-state index contributed by atoms with van der Waals surface area (Å²) in [7, 11) is 0. The summed E-state index contributed by atoms with van der Waals surface area (Å²) < 4.78 is 0. The Hall–Kier alpha value is -0.610. The van der Waals surface area contributed by atoms with E-state index in [4.69, 9.17) is 5.11 Å². The lowest BCUT2D eigenvalue weighted by Gasteiger charge is -2.27. The molecule has 2 N–H and O–H groups in total. The molecule has 0 amide bonds. The van der Waals surface area contributed by atoms with Crippen LogP contribution < -0.4 is 0 Å². The minimum atomic E-state index is -0.759. The molecule has 4 nitrogen and oxygen atoms in total. The quantitative estimate of drug-likeness (QED) is 0.646. The number of aliphatic hydroxyl groups excluding tert-OH is 1. The van der Waals surface area contributed by atoms with Gasteiger partial charge in [0.15, 0.2) is 0 Å². The van der Waals surface area contributed by atoms with E-state index in [0.717, 1.165) is 6.54 Å². The first-order valence-corrected chi connectivity index (χ1v) is 5.07. The Morgan fingerprint density at radius 1 is 1.36 bits per heavy atom. The van der Waals surface area contributed by atoms with E-state index in [1.807, 2.05) is 13.8 Å². The van der Waals surface area contributed by atoms with E-state index in [1.165, 1.54) is 0 Å². The van der Waals surface area contributed by atoms with Crippen LogP contribution in [-0.4, -0.2) is 46.3 Å². The molecule has 84 valence electrons. The van der Waals surface area contributed by atoms with Crippen molar-refractivity contribution in [2.75, 3.05) is 13.1 Å². The van der Waals surface area contributed by atoms with Gasteiger partial charge in [-0.15, -0.1) is 0 Å². The van der Waals surface area contributed by atoms with Crippen molar-refractivity contribution in [3.8, 4) is 0 Å². The zero-order valence-electron chi connectivity index (χ0n) is 9.23. The first-order valence-electron chi connectivity index (χ1n) is 5.07. The maximum Gasteiger partial charge on any atom is 0.303 e. The third kappa shape index (κ3) is 6.86. The fraction of sp³-hybridized carbons (Fsp3) is 0.900. The monoisotopic (exact) mass is 203 g/mol. The lowest BCUT2D eigenvalue weighted by Crippen LogP contribution is -2.37. The van der Waals surface area contributed by atoms with Crippen LogP contribution in [0.2, 0.25) is 0 Å². The van der Waals surface area contributed by atoms with Crippen molar-refractivity contribution >= 4 is 5.97 Å². The Kier molecular flexibility index (Phi) is 6.49. The second-order valence-electron chi connectivity index (χ2n) is 3.93. The molecule has 0 aromatic carbocycles. The molecule has 0 bridgehead atoms. The molecule has 0 heterocycles. The SMILES string of the molecule is CC(O)CN(CCCC(=O)O)C(C)C. The highest BCUT2D eigenvalue weighted by Crippen LogP contribution is 2.03. The van der Waals surface area contributed by atoms with Crippen LogP contribution in [-0.2, 0) is 4.79 Å². The van der Waals surface area contributed by atoms with Gasteiger partial charge in [0.05, 0.1) is 6.10 Å². The number of aliphatic hydroxyl groups is 1. The van der Waals surface area contributed by atoms with E-state index in [2.05, 4.69) is 4.90 Å². The summed E-state index contributed by atoms with van der Waals surface area (Å²) in [5.74, 6) is -0.759. The fourth-order valence-electron chi connectivity index (χ4n) is 1.33. The minimum absolute atomic E-state index is 0.197. The molecule has 14 heavy (non-hydrogen) atoms. The number of carboxylic acid groups (broad SMARTS) is 1. The minimum Gasteiger partial charge on any atom is -0.481 e. The number of rotatable bonds is 7. The Bertz CT molecular complexity index is 169. The molecule has 0 saturated carbocycles. The lowest BCUT2D eigenvalue weighted by atomic mass is 10.2. The number of hydrogen-bond acceptors (Lipinski definition) is 3. The molecule has 0 spiro atoms. The van der Waals surface area contributed by atoms with Gasteiger partial charge in [-0.2, -0.15) is 0 Å². The second-order valence-corrected chi connectivity index (χ2v) is 3.93. The average molecular weight is 203 g/mol. The summed E-state index contributed by atoms with van der Waals surface area (Å²) in [6.45, 7) is 7.17. The van der Waals surface area contributed by atoms with Gasteiger partial charge in [-0.25, -0.2) is 0 Å². The molecule has 0 rings (SSSR count). The van der Waals surface area contributed by atoms with Crippen LogP contribution in [0.4, 0.5) is 0 Å². The van der Waals surface area contributed by atoms with Gasteiger partial charge in [-0.05, 0) is 33.7 Å². The molecule has 0 aromatic rings. The predicted octanol–water partition coefficient (Wildman–Crippen LogP) is 0.942. The van der Waals surface area contributed by atoms with E-state index in [1.54, 1.807) is 6.92 Å². The van der Waals surface area contributed by atoms with Gasteiger partial charge in [0.2, 0.25) is 0 Å². The van der Waals surface area contributed by atoms with Crippen LogP contribution in [0.25, 0.3) is 0 Å². The molecule has 0 saturated heterocycles. The third-order valence-corrected chi connectivity index (χ3v) is 2.06. The van der Waals surface area contributed by atoms with Crippen molar-refractivity contribution in [1.29, 1.82) is 0 Å². The van der Waals surface area contributed by atoms with Crippen LogP contribution in [0.3, 0.4) is 0 Å². The molecule has 0 aliphatic rings. The van der Waals surface area contributed by atoms with Crippen LogP contribution in [0.1, 0.15) is 33.6 Å². The van der Waals surface area contributed by atoms with Crippen molar-refractivity contribution in [2.45, 2.75) is 45.8 Å². The van der Waals surface area contributed by atoms with Gasteiger partial charge in [0.1, 0.15) is 0 Å². The zero-order chi connectivity index (χ0) is 11.1. The molecular formula is C10H21NO3. The summed E-state index contributed by atoms with van der Waals surface area (Å²) in [5, 5.41) is 17.7. The zero-order valence-corrected chi connectivity index (χ0v) is 9.23. The Morgan fingerprint density at radius 3 is 2.29 bits per heavy atom. The van der Waals surface area contributed by atoms with Crippen LogP contribution in [0.5, 0.6) is 0 Å². The Balaban J connectivity index is 3.79. The number of hydrogen-bond donors (Lipinski definition) is 2. The first kappa shape index (κ1) is 13.4. The van der Waals surface area contributed by atoms with Crippen LogP contribution in [0.15, 0.2) is 0 Å². The summed E-state index contributed by atoms with van der Waals surface area (Å²) in [4.78, 5) is 12.4. The summed E-state index contributed by atoms with van der Waals surface area (Å²) in [6, 6.07) is 0.346. The summed E-state index contributed by atoms with van der Waals surface area (Å²) >= 11 is 0. The average Bonchev–Trinajstić information content (AvgIpc) is 2.00. The van der Waals surface area contributed by atoms with Crippen molar-refractivity contribution < 1.29 is 15.0 Å². The van der Waals surface area contributed by atoms with Gasteiger partial charge in [0, 0.05) is 19.0 Å². The van der Waals surface area contributed by atoms with Crippen LogP contribution in [0, 0.1) is 0 Å². The Morgan fingerprint density at radius 2 is 1.93 bits per heavy atom. The van der Waals surface area contributed by atoms with Crippen molar-refractivity contribution in [2.24, 2.45) is 0 Å². The highest BCUT2D eigenvalue weighted by atomic mass is 16.4. The number of carboxylic acids is 1. The lowest BCUT2D eigenvalue weighted by molar-refractivity contribution is -0.137.